The summed E-state index contributed by atoms with van der Waals surface area (Å²) in [6, 6.07) is 20.3. The molecule has 0 aliphatic heterocycles. The number of nitro groups is 1. The molecule has 0 unspecified atom stereocenters. The normalized spacial score (nSPS) is 11.0. The molecule has 6 nitrogen and oxygen atoms in total. The monoisotopic (exact) mass is 373 g/mol. The fraction of sp³-hybridized carbons (Fsp3) is 0.136. The first-order chi connectivity index (χ1) is 13.6. The van der Waals surface area contributed by atoms with Gasteiger partial charge in [0.1, 0.15) is 0 Å². The van der Waals surface area contributed by atoms with Gasteiger partial charge in [0.15, 0.2) is 0 Å². The van der Waals surface area contributed by atoms with Crippen molar-refractivity contribution < 1.29 is 9.72 Å². The summed E-state index contributed by atoms with van der Waals surface area (Å²) in [4.78, 5) is 23.1. The predicted octanol–water partition coefficient (Wildman–Crippen LogP) is 4.90. The van der Waals surface area contributed by atoms with Gasteiger partial charge < -0.3 is 9.88 Å². The molecule has 4 aromatic rings. The number of nitrogens with one attached hydrogen (secondary N) is 1. The maximum Gasteiger partial charge on any atom is 0.273 e. The highest BCUT2D eigenvalue weighted by molar-refractivity contribution is 6.09. The molecule has 140 valence electrons. The van der Waals surface area contributed by atoms with Crippen LogP contribution in [0.5, 0.6) is 0 Å². The number of benzene rings is 3. The maximum absolute atomic E-state index is 12.5. The smallest absolute Gasteiger partial charge is 0.273 e. The molecule has 4 rings (SSSR count). The molecule has 0 fully saturated rings. The van der Waals surface area contributed by atoms with Crippen molar-refractivity contribution in [2.45, 2.75) is 19.9 Å². The van der Waals surface area contributed by atoms with E-state index in [0.717, 1.165) is 28.4 Å². The quantitative estimate of drug-likeness (QED) is 0.399. The molecular formula is C22H19N3O3. The average molecular weight is 373 g/mol. The van der Waals surface area contributed by atoms with Crippen molar-refractivity contribution in [1.82, 2.24) is 4.57 Å². The van der Waals surface area contributed by atoms with E-state index >= 15 is 0 Å². The van der Waals surface area contributed by atoms with E-state index in [9.17, 15) is 14.9 Å². The van der Waals surface area contributed by atoms with Crippen LogP contribution in [0.3, 0.4) is 0 Å². The zero-order valence-electron chi connectivity index (χ0n) is 15.4. The van der Waals surface area contributed by atoms with E-state index in [-0.39, 0.29) is 18.0 Å². The van der Waals surface area contributed by atoms with Crippen LogP contribution in [0.1, 0.15) is 12.5 Å². The second-order valence-corrected chi connectivity index (χ2v) is 6.60. The van der Waals surface area contributed by atoms with Gasteiger partial charge in [-0.25, -0.2) is 0 Å². The Kier molecular flexibility index (Phi) is 4.53. The number of carbonyl (C=O) groups is 1. The third-order valence-electron chi connectivity index (χ3n) is 4.91. The van der Waals surface area contributed by atoms with Crippen LogP contribution in [0.15, 0.2) is 66.7 Å². The largest absolute Gasteiger partial charge is 0.341 e. The average Bonchev–Trinajstić information content (AvgIpc) is 3.01. The van der Waals surface area contributed by atoms with Crippen LogP contribution in [0.2, 0.25) is 0 Å². The minimum Gasteiger partial charge on any atom is -0.341 e. The molecule has 6 heteroatoms. The summed E-state index contributed by atoms with van der Waals surface area (Å²) in [5.41, 5.74) is 3.30. The summed E-state index contributed by atoms with van der Waals surface area (Å²) in [5.74, 6) is -0.284. The Bertz CT molecular complexity index is 1210. The van der Waals surface area contributed by atoms with E-state index in [2.05, 4.69) is 28.9 Å². The standard InChI is InChI=1S/C22H19N3O3/c1-2-24-20-10-6-4-8-17(20)18-14-16(11-12-21(18)24)23-22(26)13-15-7-3-5-9-19(15)25(27)28/h3-12,14H,2,13H2,1H3,(H,23,26). The van der Waals surface area contributed by atoms with Crippen LogP contribution in [0.4, 0.5) is 11.4 Å². The summed E-state index contributed by atoms with van der Waals surface area (Å²) in [5, 5.41) is 16.2. The molecule has 1 heterocycles. The fourth-order valence-corrected chi connectivity index (χ4v) is 3.69. The Morgan fingerprint density at radius 2 is 1.71 bits per heavy atom. The lowest BCUT2D eigenvalue weighted by atomic mass is 10.1. The molecule has 0 atom stereocenters. The first-order valence-corrected chi connectivity index (χ1v) is 9.11. The van der Waals surface area contributed by atoms with Crippen molar-refractivity contribution in [2.24, 2.45) is 0 Å². The number of nitro benzene ring substituents is 1. The highest BCUT2D eigenvalue weighted by atomic mass is 16.6. The van der Waals surface area contributed by atoms with Crippen LogP contribution in [0, 0.1) is 10.1 Å². The van der Waals surface area contributed by atoms with Crippen LogP contribution >= 0.6 is 0 Å². The molecule has 0 aliphatic rings. The zero-order valence-corrected chi connectivity index (χ0v) is 15.4. The lowest BCUT2D eigenvalue weighted by Gasteiger charge is -2.07. The SMILES string of the molecule is CCn1c2ccccc2c2cc(NC(=O)Cc3ccccc3[N+](=O)[O-])ccc21. The number of rotatable bonds is 5. The summed E-state index contributed by atoms with van der Waals surface area (Å²) in [6.45, 7) is 2.96. The third kappa shape index (κ3) is 3.09. The highest BCUT2D eigenvalue weighted by Crippen LogP contribution is 2.31. The van der Waals surface area contributed by atoms with Crippen LogP contribution in [-0.2, 0) is 17.8 Å². The molecule has 1 N–H and O–H groups in total. The second kappa shape index (κ2) is 7.15. The highest BCUT2D eigenvalue weighted by Gasteiger charge is 2.16. The van der Waals surface area contributed by atoms with Gasteiger partial charge in [-0.15, -0.1) is 0 Å². The van der Waals surface area contributed by atoms with Gasteiger partial charge in [0.25, 0.3) is 5.69 Å². The van der Waals surface area contributed by atoms with E-state index in [0.29, 0.717) is 11.3 Å². The van der Waals surface area contributed by atoms with Gasteiger partial charge in [-0.2, -0.15) is 0 Å². The van der Waals surface area contributed by atoms with Crippen molar-refractivity contribution in [3.8, 4) is 0 Å². The number of amides is 1. The van der Waals surface area contributed by atoms with E-state index in [1.807, 2.05) is 30.3 Å². The summed E-state index contributed by atoms with van der Waals surface area (Å²) >= 11 is 0. The Morgan fingerprint density at radius 1 is 1.00 bits per heavy atom. The summed E-state index contributed by atoms with van der Waals surface area (Å²) in [6.07, 6.45) is -0.0497. The van der Waals surface area contributed by atoms with E-state index in [4.69, 9.17) is 0 Å². The van der Waals surface area contributed by atoms with Gasteiger partial charge in [0.2, 0.25) is 5.91 Å². The number of para-hydroxylation sites is 2. The molecule has 1 amide bonds. The number of fused-ring (bicyclic) bond motifs is 3. The fourth-order valence-electron chi connectivity index (χ4n) is 3.69. The summed E-state index contributed by atoms with van der Waals surface area (Å²) < 4.78 is 2.24. The first-order valence-electron chi connectivity index (χ1n) is 9.11. The Balaban J connectivity index is 1.65. The lowest BCUT2D eigenvalue weighted by molar-refractivity contribution is -0.385. The molecule has 1 aromatic heterocycles. The van der Waals surface area contributed by atoms with Gasteiger partial charge in [-0.1, -0.05) is 36.4 Å². The predicted molar refractivity (Wildman–Crippen MR) is 111 cm³/mol. The van der Waals surface area contributed by atoms with Crippen molar-refractivity contribution in [2.75, 3.05) is 5.32 Å². The van der Waals surface area contributed by atoms with Crippen molar-refractivity contribution in [1.29, 1.82) is 0 Å². The number of aryl methyl sites for hydroxylation is 1. The molecule has 28 heavy (non-hydrogen) atoms. The molecule has 0 radical (unpaired) electrons. The van der Waals surface area contributed by atoms with E-state index in [1.54, 1.807) is 18.2 Å². The summed E-state index contributed by atoms with van der Waals surface area (Å²) in [7, 11) is 0. The van der Waals surface area contributed by atoms with Crippen molar-refractivity contribution >= 4 is 39.1 Å². The Morgan fingerprint density at radius 3 is 2.50 bits per heavy atom. The Hall–Kier alpha value is -3.67. The van der Waals surface area contributed by atoms with E-state index < -0.39 is 4.92 Å². The molecular weight excluding hydrogens is 354 g/mol. The van der Waals surface area contributed by atoms with Crippen LogP contribution in [0.25, 0.3) is 21.8 Å². The number of nitrogens with zero attached hydrogens (tertiary/aromatic N) is 2. The van der Waals surface area contributed by atoms with Gasteiger partial charge in [0, 0.05) is 45.7 Å². The maximum atomic E-state index is 12.5. The van der Waals surface area contributed by atoms with Gasteiger partial charge >= 0.3 is 0 Å². The van der Waals surface area contributed by atoms with Gasteiger partial charge in [0.05, 0.1) is 11.3 Å². The van der Waals surface area contributed by atoms with Crippen molar-refractivity contribution in [3.05, 3.63) is 82.4 Å². The molecule has 0 bridgehead atoms. The molecule has 0 saturated heterocycles. The van der Waals surface area contributed by atoms with Gasteiger partial charge in [-0.3, -0.25) is 14.9 Å². The second-order valence-electron chi connectivity index (χ2n) is 6.60. The molecule has 0 saturated carbocycles. The molecule has 0 aliphatic carbocycles. The van der Waals surface area contributed by atoms with Crippen LogP contribution < -0.4 is 5.32 Å². The lowest BCUT2D eigenvalue weighted by Crippen LogP contribution is -2.15. The number of hydrogen-bond donors (Lipinski definition) is 1. The first kappa shape index (κ1) is 17.7. The third-order valence-corrected chi connectivity index (χ3v) is 4.91. The number of carbonyl (C=O) groups excluding carboxylic acids is 1. The Labute approximate surface area is 161 Å². The van der Waals surface area contributed by atoms with Gasteiger partial charge in [-0.05, 0) is 31.2 Å². The number of anilines is 1. The zero-order chi connectivity index (χ0) is 19.7. The van der Waals surface area contributed by atoms with Crippen molar-refractivity contribution in [3.63, 3.8) is 0 Å². The number of aromatic nitrogens is 1. The number of hydrogen-bond acceptors (Lipinski definition) is 3. The van der Waals surface area contributed by atoms with E-state index in [1.165, 1.54) is 6.07 Å². The topological polar surface area (TPSA) is 77.2 Å². The van der Waals surface area contributed by atoms with Crippen LogP contribution in [-0.4, -0.2) is 15.4 Å². The molecule has 3 aromatic carbocycles. The minimum absolute atomic E-state index is 0.0425. The minimum atomic E-state index is -0.464. The molecule has 0 spiro atoms.